The third-order valence-electron chi connectivity index (χ3n) is 8.23. The van der Waals surface area contributed by atoms with Crippen molar-refractivity contribution in [1.82, 2.24) is 19.4 Å². The van der Waals surface area contributed by atoms with Crippen LogP contribution in [0.5, 0.6) is 17.2 Å². The number of nitrogens with zero attached hydrogens (tertiary/aromatic N) is 4. The van der Waals surface area contributed by atoms with Crippen LogP contribution in [0, 0.1) is 0 Å². The summed E-state index contributed by atoms with van der Waals surface area (Å²) in [6.45, 7) is 13.9. The fourth-order valence-corrected chi connectivity index (χ4v) is 5.72. The Kier molecular flexibility index (Phi) is 10.6. The summed E-state index contributed by atoms with van der Waals surface area (Å²) in [6, 6.07) is 24.0. The number of halogens is 1. The van der Waals surface area contributed by atoms with Gasteiger partial charge in [0.25, 0.3) is 0 Å². The quantitative estimate of drug-likeness (QED) is 0.147. The van der Waals surface area contributed by atoms with Crippen LogP contribution in [0.25, 0.3) is 16.9 Å². The lowest BCUT2D eigenvalue weighted by molar-refractivity contribution is 0.218. The third-order valence-corrected chi connectivity index (χ3v) is 8.48. The van der Waals surface area contributed by atoms with E-state index in [0.717, 1.165) is 105 Å². The van der Waals surface area contributed by atoms with Gasteiger partial charge in [0.1, 0.15) is 23.1 Å². The topological polar surface area (TPSA) is 42.8 Å². The Morgan fingerprint density at radius 2 is 1.45 bits per heavy atom. The van der Waals surface area contributed by atoms with Crippen molar-refractivity contribution in [3.05, 3.63) is 89.8 Å². The van der Waals surface area contributed by atoms with E-state index in [9.17, 15) is 0 Å². The fourth-order valence-electron chi connectivity index (χ4n) is 5.59. The number of likely N-dealkylation sites (tertiary alicyclic amines) is 1. The van der Waals surface area contributed by atoms with Crippen LogP contribution in [0.2, 0.25) is 5.02 Å². The predicted octanol–water partition coefficient (Wildman–Crippen LogP) is 8.30. The van der Waals surface area contributed by atoms with Gasteiger partial charge in [-0.3, -0.25) is 0 Å². The largest absolute Gasteiger partial charge is 0.494 e. The zero-order valence-corrected chi connectivity index (χ0v) is 25.9. The van der Waals surface area contributed by atoms with Gasteiger partial charge in [0.2, 0.25) is 0 Å². The van der Waals surface area contributed by atoms with Crippen LogP contribution in [0.1, 0.15) is 51.8 Å². The molecule has 0 spiro atoms. The van der Waals surface area contributed by atoms with Crippen molar-refractivity contribution in [1.29, 1.82) is 0 Å². The highest BCUT2D eigenvalue weighted by Crippen LogP contribution is 2.33. The number of ether oxygens (including phenoxy) is 2. The van der Waals surface area contributed by atoms with E-state index in [0.29, 0.717) is 10.9 Å². The number of benzene rings is 3. The van der Waals surface area contributed by atoms with E-state index in [2.05, 4.69) is 77.7 Å². The number of imidazole rings is 1. The van der Waals surface area contributed by atoms with Crippen LogP contribution in [0.15, 0.2) is 79.0 Å². The molecule has 6 nitrogen and oxygen atoms in total. The van der Waals surface area contributed by atoms with Crippen LogP contribution in [-0.4, -0.2) is 65.2 Å². The van der Waals surface area contributed by atoms with Gasteiger partial charge in [-0.25, -0.2) is 4.98 Å². The van der Waals surface area contributed by atoms with Gasteiger partial charge in [0.05, 0.1) is 12.3 Å². The average Bonchev–Trinajstić information content (AvgIpc) is 3.48. The minimum absolute atomic E-state index is 0.421. The number of hydrogen-bond donors (Lipinski definition) is 0. The molecule has 0 radical (unpaired) electrons. The van der Waals surface area contributed by atoms with Crippen molar-refractivity contribution in [3.63, 3.8) is 0 Å². The second-order valence-electron chi connectivity index (χ2n) is 10.9. The number of aromatic nitrogens is 2. The van der Waals surface area contributed by atoms with Crippen LogP contribution >= 0.6 is 11.6 Å². The minimum atomic E-state index is 0.421. The maximum atomic E-state index is 6.07. The van der Waals surface area contributed by atoms with Gasteiger partial charge >= 0.3 is 0 Å². The molecule has 1 saturated heterocycles. The maximum Gasteiger partial charge on any atom is 0.127 e. The minimum Gasteiger partial charge on any atom is -0.494 e. The van der Waals surface area contributed by atoms with Crippen LogP contribution in [-0.2, 0) is 0 Å². The molecule has 0 saturated carbocycles. The highest BCUT2D eigenvalue weighted by Gasteiger charge is 2.25. The monoisotopic (exact) mass is 586 g/mol. The van der Waals surface area contributed by atoms with Gasteiger partial charge < -0.3 is 23.8 Å². The molecule has 5 rings (SSSR count). The number of hydrogen-bond acceptors (Lipinski definition) is 5. The molecule has 1 aliphatic heterocycles. The van der Waals surface area contributed by atoms with Crippen molar-refractivity contribution >= 4 is 11.6 Å². The van der Waals surface area contributed by atoms with Gasteiger partial charge in [-0.1, -0.05) is 32.4 Å². The Hall–Kier alpha value is -3.32. The summed E-state index contributed by atoms with van der Waals surface area (Å²) in [5, 5.41) is 0.692. The number of piperidine rings is 1. The van der Waals surface area contributed by atoms with Crippen molar-refractivity contribution in [2.24, 2.45) is 0 Å². The Morgan fingerprint density at radius 3 is 2.07 bits per heavy atom. The normalized spacial score (nSPS) is 14.4. The van der Waals surface area contributed by atoms with Gasteiger partial charge in [-0.2, -0.15) is 0 Å². The lowest BCUT2D eigenvalue weighted by atomic mass is 9.96. The molecule has 4 aromatic rings. The van der Waals surface area contributed by atoms with E-state index < -0.39 is 0 Å². The van der Waals surface area contributed by atoms with E-state index in [1.807, 2.05) is 36.4 Å². The molecule has 7 heteroatoms. The molecule has 222 valence electrons. The van der Waals surface area contributed by atoms with Gasteiger partial charge in [-0.15, -0.1) is 0 Å². The molecule has 0 unspecified atom stereocenters. The summed E-state index contributed by atoms with van der Waals surface area (Å²) in [6.07, 6.45) is 5.44. The van der Waals surface area contributed by atoms with Crippen LogP contribution in [0.4, 0.5) is 0 Å². The van der Waals surface area contributed by atoms with Gasteiger partial charge in [-0.05, 0) is 125 Å². The van der Waals surface area contributed by atoms with Crippen LogP contribution in [0.3, 0.4) is 0 Å². The summed E-state index contributed by atoms with van der Waals surface area (Å²) >= 11 is 6.01. The zero-order chi connectivity index (χ0) is 29.3. The van der Waals surface area contributed by atoms with Gasteiger partial charge in [0.15, 0.2) is 0 Å². The summed E-state index contributed by atoms with van der Waals surface area (Å²) in [7, 11) is 0. The highest BCUT2D eigenvalue weighted by molar-refractivity contribution is 6.30. The summed E-state index contributed by atoms with van der Waals surface area (Å²) in [5.74, 6) is 4.00. The highest BCUT2D eigenvalue weighted by atomic mass is 35.5. The Morgan fingerprint density at radius 1 is 0.833 bits per heavy atom. The summed E-state index contributed by atoms with van der Waals surface area (Å²) in [5.41, 5.74) is 3.15. The Bertz CT molecular complexity index is 1370. The summed E-state index contributed by atoms with van der Waals surface area (Å²) in [4.78, 5) is 10.2. The number of rotatable bonds is 13. The molecule has 2 heterocycles. The lowest BCUT2D eigenvalue weighted by Crippen LogP contribution is -2.33. The second kappa shape index (κ2) is 14.7. The predicted molar refractivity (Wildman–Crippen MR) is 173 cm³/mol. The first-order valence-corrected chi connectivity index (χ1v) is 15.7. The van der Waals surface area contributed by atoms with E-state index in [4.69, 9.17) is 26.1 Å². The fraction of sp³-hybridized carbons (Fsp3) is 0.400. The lowest BCUT2D eigenvalue weighted by Gasteiger charge is -2.30. The van der Waals surface area contributed by atoms with E-state index >= 15 is 0 Å². The molecular formula is C35H43ClN4O2. The third kappa shape index (κ3) is 7.74. The molecule has 42 heavy (non-hydrogen) atoms. The average molecular weight is 587 g/mol. The first-order valence-electron chi connectivity index (χ1n) is 15.4. The van der Waals surface area contributed by atoms with Crippen molar-refractivity contribution in [2.75, 3.05) is 45.9 Å². The molecule has 0 aliphatic carbocycles. The molecule has 0 atom stereocenters. The zero-order valence-electron chi connectivity index (χ0n) is 25.1. The van der Waals surface area contributed by atoms with E-state index in [-0.39, 0.29) is 0 Å². The first-order chi connectivity index (χ1) is 20.6. The Labute approximate surface area is 255 Å². The molecule has 1 fully saturated rings. The molecule has 1 aromatic heterocycles. The smallest absolute Gasteiger partial charge is 0.127 e. The maximum absolute atomic E-state index is 6.07. The molecular weight excluding hydrogens is 544 g/mol. The molecule has 1 aliphatic rings. The molecule has 3 aromatic carbocycles. The van der Waals surface area contributed by atoms with Crippen molar-refractivity contribution in [2.45, 2.75) is 46.0 Å². The summed E-state index contributed by atoms with van der Waals surface area (Å²) < 4.78 is 14.4. The SMILES string of the molecule is CCN(CC)CCCOc1ccc(-n2cc(-c3ccc(Oc4ccc(Cl)cc4)cc3)nc2C2CCN(CC)CC2)cc1. The molecule has 0 amide bonds. The van der Waals surface area contributed by atoms with Crippen molar-refractivity contribution in [3.8, 4) is 34.2 Å². The van der Waals surface area contributed by atoms with Crippen molar-refractivity contribution < 1.29 is 9.47 Å². The van der Waals surface area contributed by atoms with Gasteiger partial charge in [0, 0.05) is 34.9 Å². The second-order valence-corrected chi connectivity index (χ2v) is 11.3. The molecule has 0 N–H and O–H groups in total. The first kappa shape index (κ1) is 30.1. The molecule has 0 bridgehead atoms. The van der Waals surface area contributed by atoms with E-state index in [1.165, 1.54) is 0 Å². The van der Waals surface area contributed by atoms with Crippen LogP contribution < -0.4 is 9.47 Å². The standard InChI is InChI=1S/C35H43ClN4O2/c1-4-38(5-2)22-7-25-41-31-18-12-30(13-19-31)40-26-34(37-35(40)28-20-23-39(6-3)24-21-28)27-8-14-32(15-9-27)42-33-16-10-29(36)11-17-33/h8-19,26,28H,4-7,20-25H2,1-3H3. The van der Waals surface area contributed by atoms with E-state index in [1.54, 1.807) is 0 Å². The Balaban J connectivity index is 1.33.